The second kappa shape index (κ2) is 8.08. The van der Waals surface area contributed by atoms with E-state index in [-0.39, 0.29) is 17.9 Å². The molecule has 1 N–H and O–H groups in total. The number of rotatable bonds is 7. The minimum Gasteiger partial charge on any atom is -0.497 e. The molecule has 0 saturated carbocycles. The Bertz CT molecular complexity index is 519. The number of methoxy groups -OCH3 is 1. The van der Waals surface area contributed by atoms with Gasteiger partial charge in [-0.2, -0.15) is 11.8 Å². The number of carbonyl (C=O) groups is 2. The van der Waals surface area contributed by atoms with E-state index in [1.807, 2.05) is 35.4 Å². The highest BCUT2D eigenvalue weighted by Gasteiger charge is 2.29. The number of thioether (sulfide) groups is 1. The van der Waals surface area contributed by atoms with E-state index in [1.165, 1.54) is 17.3 Å². The molecule has 0 aromatic heterocycles. The number of nitrogens with one attached hydrogen (secondary N) is 1. The van der Waals surface area contributed by atoms with Gasteiger partial charge in [-0.3, -0.25) is 9.59 Å². The van der Waals surface area contributed by atoms with Crippen LogP contribution in [0.5, 0.6) is 5.75 Å². The largest absolute Gasteiger partial charge is 0.497 e. The third-order valence-electron chi connectivity index (χ3n) is 3.68. The summed E-state index contributed by atoms with van der Waals surface area (Å²) in [5.74, 6) is 1.39. The first kappa shape index (κ1) is 16.7. The molecule has 2 rings (SSSR count). The number of hydrogen-bond acceptors (Lipinski definition) is 4. The number of nitrogens with zero attached hydrogens (tertiary/aromatic N) is 1. The topological polar surface area (TPSA) is 58.6 Å². The second-order valence-corrected chi connectivity index (χ2v) is 6.21. The fourth-order valence-electron chi connectivity index (χ4n) is 2.54. The van der Waals surface area contributed by atoms with Crippen molar-refractivity contribution >= 4 is 23.6 Å². The van der Waals surface area contributed by atoms with Crippen LogP contribution in [0.3, 0.4) is 0 Å². The van der Waals surface area contributed by atoms with Crippen LogP contribution in [0.2, 0.25) is 0 Å². The van der Waals surface area contributed by atoms with Gasteiger partial charge in [0, 0.05) is 19.5 Å². The Labute approximate surface area is 135 Å². The Morgan fingerprint density at radius 3 is 2.77 bits per heavy atom. The van der Waals surface area contributed by atoms with E-state index in [9.17, 15) is 9.59 Å². The first-order chi connectivity index (χ1) is 10.6. The van der Waals surface area contributed by atoms with Gasteiger partial charge in [0.05, 0.1) is 18.9 Å². The van der Waals surface area contributed by atoms with Gasteiger partial charge >= 0.3 is 0 Å². The van der Waals surface area contributed by atoms with Gasteiger partial charge in [-0.15, -0.1) is 0 Å². The van der Waals surface area contributed by atoms with E-state index in [0.29, 0.717) is 25.3 Å². The summed E-state index contributed by atoms with van der Waals surface area (Å²) in [6, 6.07) is 7.82. The quantitative estimate of drug-likeness (QED) is 0.822. The molecule has 0 spiro atoms. The highest BCUT2D eigenvalue weighted by Crippen LogP contribution is 2.15. The standard InChI is InChI=1S/C16H22N2O3S/c1-21-14-5-3-12(4-6-14)7-8-18-10-13(9-16(18)20)17-15(19)11-22-2/h3-6,13H,7-11H2,1-2H3,(H,17,19). The van der Waals surface area contributed by atoms with E-state index in [0.717, 1.165) is 12.2 Å². The molecule has 120 valence electrons. The molecular formula is C16H22N2O3S. The second-order valence-electron chi connectivity index (χ2n) is 5.34. The highest BCUT2D eigenvalue weighted by molar-refractivity contribution is 7.99. The van der Waals surface area contributed by atoms with E-state index < -0.39 is 0 Å². The lowest BCUT2D eigenvalue weighted by molar-refractivity contribution is -0.127. The zero-order valence-corrected chi connectivity index (χ0v) is 13.8. The molecule has 1 aromatic carbocycles. The maximum atomic E-state index is 12.0. The lowest BCUT2D eigenvalue weighted by Gasteiger charge is -2.17. The molecule has 0 radical (unpaired) electrons. The van der Waals surface area contributed by atoms with Crippen molar-refractivity contribution in [3.63, 3.8) is 0 Å². The van der Waals surface area contributed by atoms with Crippen molar-refractivity contribution in [3.8, 4) is 5.75 Å². The average molecular weight is 322 g/mol. The van der Waals surface area contributed by atoms with Crippen LogP contribution in [-0.2, 0) is 16.0 Å². The van der Waals surface area contributed by atoms with Crippen molar-refractivity contribution in [2.45, 2.75) is 18.9 Å². The van der Waals surface area contributed by atoms with Gasteiger partial charge in [-0.1, -0.05) is 12.1 Å². The van der Waals surface area contributed by atoms with Crippen molar-refractivity contribution in [3.05, 3.63) is 29.8 Å². The Balaban J connectivity index is 1.80. The van der Waals surface area contributed by atoms with Crippen molar-refractivity contribution in [2.75, 3.05) is 32.2 Å². The Morgan fingerprint density at radius 1 is 1.41 bits per heavy atom. The van der Waals surface area contributed by atoms with Crippen LogP contribution in [0.25, 0.3) is 0 Å². The monoisotopic (exact) mass is 322 g/mol. The third kappa shape index (κ3) is 4.66. The van der Waals surface area contributed by atoms with E-state index in [4.69, 9.17) is 4.74 Å². The average Bonchev–Trinajstić information content (AvgIpc) is 2.85. The molecule has 2 amide bonds. The van der Waals surface area contributed by atoms with Crippen LogP contribution in [-0.4, -0.2) is 55.0 Å². The molecule has 0 bridgehead atoms. The minimum atomic E-state index is -0.0528. The van der Waals surface area contributed by atoms with Crippen molar-refractivity contribution in [2.24, 2.45) is 0 Å². The molecule has 6 heteroatoms. The summed E-state index contributed by atoms with van der Waals surface area (Å²) >= 11 is 1.48. The fourth-order valence-corrected chi connectivity index (χ4v) is 2.89. The van der Waals surface area contributed by atoms with E-state index in [1.54, 1.807) is 7.11 Å². The predicted molar refractivity (Wildman–Crippen MR) is 88.2 cm³/mol. The summed E-state index contributed by atoms with van der Waals surface area (Å²) in [6.45, 7) is 1.29. The number of carbonyl (C=O) groups excluding carboxylic acids is 2. The van der Waals surface area contributed by atoms with Crippen LogP contribution in [0, 0.1) is 0 Å². The predicted octanol–water partition coefficient (Wildman–Crippen LogP) is 1.32. The van der Waals surface area contributed by atoms with Gasteiger partial charge in [-0.25, -0.2) is 0 Å². The van der Waals surface area contributed by atoms with Crippen LogP contribution < -0.4 is 10.1 Å². The summed E-state index contributed by atoms with van der Waals surface area (Å²) in [5.41, 5.74) is 1.17. The van der Waals surface area contributed by atoms with Gasteiger partial charge in [0.25, 0.3) is 0 Å². The highest BCUT2D eigenvalue weighted by atomic mass is 32.2. The molecule has 1 saturated heterocycles. The summed E-state index contributed by atoms with van der Waals surface area (Å²) in [6.07, 6.45) is 3.10. The zero-order chi connectivity index (χ0) is 15.9. The normalized spacial score (nSPS) is 17.6. The molecule has 0 aliphatic carbocycles. The molecule has 1 fully saturated rings. The SMILES string of the molecule is COc1ccc(CCN2CC(NC(=O)CSC)CC2=O)cc1. The van der Waals surface area contributed by atoms with Gasteiger partial charge in [0.15, 0.2) is 0 Å². The van der Waals surface area contributed by atoms with Gasteiger partial charge in [-0.05, 0) is 30.4 Å². The van der Waals surface area contributed by atoms with E-state index >= 15 is 0 Å². The Hall–Kier alpha value is -1.69. The minimum absolute atomic E-state index is 0.00213. The molecule has 5 nitrogen and oxygen atoms in total. The number of ether oxygens (including phenoxy) is 1. The third-order valence-corrected chi connectivity index (χ3v) is 4.24. The van der Waals surface area contributed by atoms with Crippen LogP contribution in [0.4, 0.5) is 0 Å². The zero-order valence-electron chi connectivity index (χ0n) is 13.0. The Kier molecular flexibility index (Phi) is 6.12. The van der Waals surface area contributed by atoms with Crippen LogP contribution in [0.1, 0.15) is 12.0 Å². The van der Waals surface area contributed by atoms with E-state index in [2.05, 4.69) is 5.32 Å². The maximum absolute atomic E-state index is 12.0. The number of hydrogen-bond donors (Lipinski definition) is 1. The number of likely N-dealkylation sites (tertiary alicyclic amines) is 1. The summed E-state index contributed by atoms with van der Waals surface area (Å²) in [5, 5.41) is 2.91. The molecule has 1 aliphatic heterocycles. The molecule has 1 heterocycles. The van der Waals surface area contributed by atoms with Crippen molar-refractivity contribution in [1.29, 1.82) is 0 Å². The lowest BCUT2D eigenvalue weighted by atomic mass is 10.1. The molecule has 1 aromatic rings. The Morgan fingerprint density at radius 2 is 2.14 bits per heavy atom. The van der Waals surface area contributed by atoms with Crippen LogP contribution >= 0.6 is 11.8 Å². The van der Waals surface area contributed by atoms with Crippen LogP contribution in [0.15, 0.2) is 24.3 Å². The van der Waals surface area contributed by atoms with Crippen molar-refractivity contribution in [1.82, 2.24) is 10.2 Å². The lowest BCUT2D eigenvalue weighted by Crippen LogP contribution is -2.38. The van der Waals surface area contributed by atoms with Gasteiger partial charge in [0.2, 0.25) is 11.8 Å². The fraction of sp³-hybridized carbons (Fsp3) is 0.500. The molecule has 1 aliphatic rings. The summed E-state index contributed by atoms with van der Waals surface area (Å²) < 4.78 is 5.13. The number of benzene rings is 1. The molecular weight excluding hydrogens is 300 g/mol. The van der Waals surface area contributed by atoms with Gasteiger partial charge in [0.1, 0.15) is 5.75 Å². The number of amides is 2. The molecule has 1 atom stereocenters. The summed E-state index contributed by atoms with van der Waals surface area (Å²) in [4.78, 5) is 25.4. The van der Waals surface area contributed by atoms with Gasteiger partial charge < -0.3 is 15.0 Å². The molecule has 1 unspecified atom stereocenters. The summed E-state index contributed by atoms with van der Waals surface area (Å²) in [7, 11) is 1.64. The first-order valence-electron chi connectivity index (χ1n) is 7.31. The smallest absolute Gasteiger partial charge is 0.230 e. The maximum Gasteiger partial charge on any atom is 0.230 e. The van der Waals surface area contributed by atoms with Crippen molar-refractivity contribution < 1.29 is 14.3 Å². The molecule has 22 heavy (non-hydrogen) atoms. The first-order valence-corrected chi connectivity index (χ1v) is 8.70.